The standard InChI is InChI=1S/C23H26N2O5S/c1-3-28-18-13-12-16(14-19(18)29-4-2)24-21(26)15-30-23(27)11-7-10-22-25-17-8-5-6-9-20(17)31-22/h5-6,8-9,12-14H,3-4,7,10-11,15H2,1-2H3,(H,24,26). The lowest BCUT2D eigenvalue weighted by Crippen LogP contribution is -2.20. The minimum absolute atomic E-state index is 0.237. The third-order valence-corrected chi connectivity index (χ3v) is 5.40. The lowest BCUT2D eigenvalue weighted by Gasteiger charge is -2.13. The van der Waals surface area contributed by atoms with E-state index in [9.17, 15) is 9.59 Å². The fraction of sp³-hybridized carbons (Fsp3) is 0.348. The number of carbonyl (C=O) groups is 2. The fourth-order valence-electron chi connectivity index (χ4n) is 2.95. The van der Waals surface area contributed by atoms with Crippen molar-refractivity contribution in [3.05, 3.63) is 47.5 Å². The molecule has 3 rings (SSSR count). The number of benzene rings is 2. The zero-order valence-corrected chi connectivity index (χ0v) is 18.5. The highest BCUT2D eigenvalue weighted by Gasteiger charge is 2.11. The molecule has 0 saturated heterocycles. The monoisotopic (exact) mass is 442 g/mol. The highest BCUT2D eigenvalue weighted by atomic mass is 32.1. The Hall–Kier alpha value is -3.13. The summed E-state index contributed by atoms with van der Waals surface area (Å²) in [5, 5.41) is 3.70. The van der Waals surface area contributed by atoms with Gasteiger partial charge in [-0.2, -0.15) is 0 Å². The zero-order valence-electron chi connectivity index (χ0n) is 17.7. The Morgan fingerprint density at radius 1 is 1.03 bits per heavy atom. The number of aryl methyl sites for hydroxylation is 1. The van der Waals surface area contributed by atoms with Gasteiger partial charge in [0.15, 0.2) is 18.1 Å². The van der Waals surface area contributed by atoms with Crippen LogP contribution in [0.4, 0.5) is 5.69 Å². The highest BCUT2D eigenvalue weighted by molar-refractivity contribution is 7.18. The summed E-state index contributed by atoms with van der Waals surface area (Å²) in [6, 6.07) is 13.1. The number of esters is 1. The molecule has 0 radical (unpaired) electrons. The van der Waals surface area contributed by atoms with E-state index in [0.29, 0.717) is 43.2 Å². The van der Waals surface area contributed by atoms with Gasteiger partial charge in [-0.25, -0.2) is 4.98 Å². The molecule has 0 unspecified atom stereocenters. The van der Waals surface area contributed by atoms with E-state index < -0.39 is 11.9 Å². The summed E-state index contributed by atoms with van der Waals surface area (Å²) >= 11 is 1.63. The topological polar surface area (TPSA) is 86.8 Å². The smallest absolute Gasteiger partial charge is 0.306 e. The van der Waals surface area contributed by atoms with Gasteiger partial charge in [-0.05, 0) is 51.0 Å². The van der Waals surface area contributed by atoms with E-state index in [1.54, 1.807) is 29.5 Å². The number of anilines is 1. The molecule has 0 aliphatic heterocycles. The van der Waals surface area contributed by atoms with Gasteiger partial charge in [-0.1, -0.05) is 12.1 Å². The molecule has 164 valence electrons. The lowest BCUT2D eigenvalue weighted by atomic mass is 10.2. The van der Waals surface area contributed by atoms with Gasteiger partial charge in [0.05, 0.1) is 28.4 Å². The number of nitrogens with one attached hydrogen (secondary N) is 1. The second-order valence-electron chi connectivity index (χ2n) is 6.67. The summed E-state index contributed by atoms with van der Waals surface area (Å²) in [7, 11) is 0. The van der Waals surface area contributed by atoms with Gasteiger partial charge in [0.2, 0.25) is 0 Å². The van der Waals surface area contributed by atoms with Crippen molar-refractivity contribution in [1.29, 1.82) is 0 Å². The summed E-state index contributed by atoms with van der Waals surface area (Å²) in [6.45, 7) is 4.42. The van der Waals surface area contributed by atoms with E-state index in [4.69, 9.17) is 14.2 Å². The molecule has 0 aliphatic carbocycles. The van der Waals surface area contributed by atoms with Gasteiger partial charge in [0, 0.05) is 18.2 Å². The van der Waals surface area contributed by atoms with Crippen molar-refractivity contribution in [1.82, 2.24) is 4.98 Å². The first-order chi connectivity index (χ1) is 15.1. The molecular formula is C23H26N2O5S. The van der Waals surface area contributed by atoms with Crippen LogP contribution < -0.4 is 14.8 Å². The van der Waals surface area contributed by atoms with Crippen molar-refractivity contribution in [3.8, 4) is 11.5 Å². The maximum absolute atomic E-state index is 12.1. The highest BCUT2D eigenvalue weighted by Crippen LogP contribution is 2.30. The van der Waals surface area contributed by atoms with E-state index >= 15 is 0 Å². The second-order valence-corrected chi connectivity index (χ2v) is 7.78. The Labute approximate surface area is 185 Å². The number of para-hydroxylation sites is 1. The minimum Gasteiger partial charge on any atom is -0.490 e. The summed E-state index contributed by atoms with van der Waals surface area (Å²) in [4.78, 5) is 28.6. The number of aromatic nitrogens is 1. The average molecular weight is 443 g/mol. The van der Waals surface area contributed by atoms with Crippen LogP contribution in [0.15, 0.2) is 42.5 Å². The molecule has 0 atom stereocenters. The quantitative estimate of drug-likeness (QED) is 0.437. The van der Waals surface area contributed by atoms with Crippen LogP contribution in [-0.4, -0.2) is 36.7 Å². The average Bonchev–Trinajstić information content (AvgIpc) is 3.17. The first kappa shape index (κ1) is 22.6. The normalized spacial score (nSPS) is 10.6. The number of fused-ring (bicyclic) bond motifs is 1. The van der Waals surface area contributed by atoms with E-state index in [1.165, 1.54) is 0 Å². The van der Waals surface area contributed by atoms with Gasteiger partial charge in [0.1, 0.15) is 0 Å². The number of rotatable bonds is 11. The third-order valence-electron chi connectivity index (χ3n) is 4.30. The predicted octanol–water partition coefficient (Wildman–Crippen LogP) is 4.60. The summed E-state index contributed by atoms with van der Waals surface area (Å²) in [6.07, 6.45) is 1.56. The van der Waals surface area contributed by atoms with Crippen molar-refractivity contribution in [2.45, 2.75) is 33.1 Å². The molecule has 0 fully saturated rings. The van der Waals surface area contributed by atoms with Crippen LogP contribution in [0.5, 0.6) is 11.5 Å². The van der Waals surface area contributed by atoms with Crippen LogP contribution in [0, 0.1) is 0 Å². The molecule has 0 spiro atoms. The number of hydrogen-bond donors (Lipinski definition) is 1. The van der Waals surface area contributed by atoms with Gasteiger partial charge < -0.3 is 19.5 Å². The van der Waals surface area contributed by atoms with Crippen LogP contribution in [0.25, 0.3) is 10.2 Å². The lowest BCUT2D eigenvalue weighted by molar-refractivity contribution is -0.147. The van der Waals surface area contributed by atoms with E-state index in [1.807, 2.05) is 38.1 Å². The Morgan fingerprint density at radius 3 is 2.58 bits per heavy atom. The first-order valence-electron chi connectivity index (χ1n) is 10.3. The molecule has 3 aromatic rings. The Kier molecular flexibility index (Phi) is 8.23. The number of carbonyl (C=O) groups excluding carboxylic acids is 2. The van der Waals surface area contributed by atoms with Crippen LogP contribution in [0.2, 0.25) is 0 Å². The SMILES string of the molecule is CCOc1ccc(NC(=O)COC(=O)CCCc2nc3ccccc3s2)cc1OCC. The molecule has 0 aliphatic rings. The number of hydrogen-bond acceptors (Lipinski definition) is 7. The minimum atomic E-state index is -0.411. The van der Waals surface area contributed by atoms with E-state index in [0.717, 1.165) is 15.2 Å². The Bertz CT molecular complexity index is 1000. The summed E-state index contributed by atoms with van der Waals surface area (Å²) in [5.74, 6) is 0.347. The molecule has 31 heavy (non-hydrogen) atoms. The van der Waals surface area contributed by atoms with E-state index in [-0.39, 0.29) is 13.0 Å². The van der Waals surface area contributed by atoms with Crippen LogP contribution in [0.3, 0.4) is 0 Å². The van der Waals surface area contributed by atoms with Crippen molar-refractivity contribution in [3.63, 3.8) is 0 Å². The zero-order chi connectivity index (χ0) is 22.1. The third kappa shape index (κ3) is 6.68. The fourth-order valence-corrected chi connectivity index (χ4v) is 3.96. The molecule has 2 aromatic carbocycles. The molecule has 8 heteroatoms. The molecule has 1 N–H and O–H groups in total. The first-order valence-corrected chi connectivity index (χ1v) is 11.1. The van der Waals surface area contributed by atoms with Gasteiger partial charge in [0.25, 0.3) is 5.91 Å². The predicted molar refractivity (Wildman–Crippen MR) is 121 cm³/mol. The van der Waals surface area contributed by atoms with Gasteiger partial charge >= 0.3 is 5.97 Å². The molecule has 7 nitrogen and oxygen atoms in total. The molecule has 0 saturated carbocycles. The molecule has 1 aromatic heterocycles. The van der Waals surface area contributed by atoms with Crippen LogP contribution >= 0.6 is 11.3 Å². The van der Waals surface area contributed by atoms with Crippen molar-refractivity contribution >= 4 is 39.1 Å². The second kappa shape index (κ2) is 11.3. The van der Waals surface area contributed by atoms with Crippen LogP contribution in [0.1, 0.15) is 31.7 Å². The van der Waals surface area contributed by atoms with Crippen molar-refractivity contribution in [2.75, 3.05) is 25.1 Å². The van der Waals surface area contributed by atoms with E-state index in [2.05, 4.69) is 10.3 Å². The van der Waals surface area contributed by atoms with Gasteiger partial charge in [-0.3, -0.25) is 9.59 Å². The summed E-state index contributed by atoms with van der Waals surface area (Å²) < 4.78 is 17.3. The number of thiazole rings is 1. The molecular weight excluding hydrogens is 416 g/mol. The Balaban J connectivity index is 1.41. The van der Waals surface area contributed by atoms with Crippen LogP contribution in [-0.2, 0) is 20.7 Å². The number of nitrogens with zero attached hydrogens (tertiary/aromatic N) is 1. The van der Waals surface area contributed by atoms with Crippen molar-refractivity contribution < 1.29 is 23.8 Å². The summed E-state index contributed by atoms with van der Waals surface area (Å²) in [5.41, 5.74) is 1.52. The van der Waals surface area contributed by atoms with Crippen molar-refractivity contribution in [2.24, 2.45) is 0 Å². The largest absolute Gasteiger partial charge is 0.490 e. The molecule has 1 amide bonds. The maximum Gasteiger partial charge on any atom is 0.306 e. The number of amides is 1. The molecule has 1 heterocycles. The number of ether oxygens (including phenoxy) is 3. The maximum atomic E-state index is 12.1. The Morgan fingerprint density at radius 2 is 1.81 bits per heavy atom. The van der Waals surface area contributed by atoms with Gasteiger partial charge in [-0.15, -0.1) is 11.3 Å². The molecule has 0 bridgehead atoms.